The smallest absolute Gasteiger partial charge is 0.303 e. The molecule has 0 atom stereocenters. The average molecular weight is 400 g/mol. The van der Waals surface area contributed by atoms with Crippen LogP contribution in [0.15, 0.2) is 27.6 Å². The van der Waals surface area contributed by atoms with E-state index in [2.05, 4.69) is 5.16 Å². The minimum atomic E-state index is -3.93. The molecule has 0 saturated carbocycles. The number of nitrogens with zero attached hydrogens (tertiary/aromatic N) is 2. The van der Waals surface area contributed by atoms with Crippen LogP contribution < -0.4 is 4.74 Å². The van der Waals surface area contributed by atoms with Crippen molar-refractivity contribution in [2.24, 2.45) is 0 Å². The molecular weight excluding hydrogens is 379 g/mol. The number of rotatable bonds is 9. The largest absolute Gasteiger partial charge is 0.491 e. The summed E-state index contributed by atoms with van der Waals surface area (Å²) in [6, 6.07) is 3.34. The Bertz CT molecular complexity index is 906. The third-order valence-electron chi connectivity index (χ3n) is 3.97. The number of benzene rings is 1. The van der Waals surface area contributed by atoms with Crippen LogP contribution in [0, 0.1) is 19.7 Å². The lowest BCUT2D eigenvalue weighted by Gasteiger charge is -2.17. The van der Waals surface area contributed by atoms with E-state index in [1.54, 1.807) is 13.8 Å². The molecule has 0 bridgehead atoms. The van der Waals surface area contributed by atoms with Gasteiger partial charge in [0.25, 0.3) is 0 Å². The molecule has 10 heteroatoms. The van der Waals surface area contributed by atoms with E-state index in [1.165, 1.54) is 19.2 Å². The fourth-order valence-electron chi connectivity index (χ4n) is 2.38. The molecule has 0 amide bonds. The fraction of sp³-hybridized carbons (Fsp3) is 0.412. The predicted octanol–water partition coefficient (Wildman–Crippen LogP) is 2.49. The van der Waals surface area contributed by atoms with Crippen molar-refractivity contribution in [2.45, 2.75) is 38.1 Å². The quantitative estimate of drug-likeness (QED) is 0.644. The van der Waals surface area contributed by atoms with Crippen molar-refractivity contribution in [3.8, 4) is 5.75 Å². The lowest BCUT2D eigenvalue weighted by Crippen LogP contribution is -2.27. The van der Waals surface area contributed by atoms with E-state index in [1.807, 2.05) is 0 Å². The molecule has 0 aliphatic rings. The molecule has 0 aliphatic carbocycles. The number of aromatic nitrogens is 1. The van der Waals surface area contributed by atoms with Crippen molar-refractivity contribution in [1.29, 1.82) is 0 Å². The second kappa shape index (κ2) is 8.49. The Kier molecular flexibility index (Phi) is 6.55. The second-order valence-electron chi connectivity index (χ2n) is 6.00. The van der Waals surface area contributed by atoms with Crippen molar-refractivity contribution in [2.75, 3.05) is 13.7 Å². The average Bonchev–Trinajstić information content (AvgIpc) is 2.91. The van der Waals surface area contributed by atoms with Crippen LogP contribution in [0.5, 0.6) is 5.75 Å². The molecule has 0 fully saturated rings. The first kappa shape index (κ1) is 20.8. The number of hydrogen-bond acceptors (Lipinski definition) is 6. The number of hydrogen-bond donors (Lipinski definition) is 1. The Balaban J connectivity index is 2.11. The molecule has 2 aromatic rings. The Morgan fingerprint density at radius 2 is 2.07 bits per heavy atom. The molecule has 0 unspecified atom stereocenters. The van der Waals surface area contributed by atoms with Gasteiger partial charge in [-0.2, -0.15) is 4.31 Å². The summed E-state index contributed by atoms with van der Waals surface area (Å²) in [6.07, 6.45) is 0.121. The summed E-state index contributed by atoms with van der Waals surface area (Å²) in [5, 5.41) is 12.3. The van der Waals surface area contributed by atoms with Crippen LogP contribution >= 0.6 is 0 Å². The molecule has 1 aromatic heterocycles. The Labute approximate surface area is 156 Å². The highest BCUT2D eigenvalue weighted by Crippen LogP contribution is 2.25. The molecule has 1 heterocycles. The van der Waals surface area contributed by atoms with Gasteiger partial charge < -0.3 is 14.4 Å². The van der Waals surface area contributed by atoms with Gasteiger partial charge in [-0.05, 0) is 38.5 Å². The summed E-state index contributed by atoms with van der Waals surface area (Å²) in [5.74, 6) is -1.42. The van der Waals surface area contributed by atoms with Gasteiger partial charge in [0.15, 0.2) is 11.6 Å². The number of aliphatic carboxylic acids is 1. The van der Waals surface area contributed by atoms with Crippen molar-refractivity contribution in [3.05, 3.63) is 41.0 Å². The van der Waals surface area contributed by atoms with E-state index in [0.29, 0.717) is 17.0 Å². The highest BCUT2D eigenvalue weighted by atomic mass is 32.2. The van der Waals surface area contributed by atoms with Gasteiger partial charge in [-0.15, -0.1) is 0 Å². The lowest BCUT2D eigenvalue weighted by atomic mass is 10.2. The molecule has 1 aromatic carbocycles. The van der Waals surface area contributed by atoms with Crippen LogP contribution in [-0.4, -0.2) is 42.6 Å². The predicted molar refractivity (Wildman–Crippen MR) is 93.4 cm³/mol. The summed E-state index contributed by atoms with van der Waals surface area (Å²) in [5.41, 5.74) is 1.24. The number of sulfonamides is 1. The van der Waals surface area contributed by atoms with Crippen molar-refractivity contribution >= 4 is 16.0 Å². The number of ether oxygens (including phenoxy) is 1. The SMILES string of the molecule is Cc1noc(C)c1CN(C)S(=O)(=O)c1ccc(OCCCC(=O)O)c(F)c1. The van der Waals surface area contributed by atoms with E-state index in [9.17, 15) is 17.6 Å². The van der Waals surface area contributed by atoms with Crippen LogP contribution in [0.3, 0.4) is 0 Å². The van der Waals surface area contributed by atoms with Gasteiger partial charge in [0.05, 0.1) is 17.2 Å². The molecule has 148 valence electrons. The maximum absolute atomic E-state index is 14.2. The second-order valence-corrected chi connectivity index (χ2v) is 8.05. The fourth-order valence-corrected chi connectivity index (χ4v) is 3.53. The maximum atomic E-state index is 14.2. The normalized spacial score (nSPS) is 11.7. The van der Waals surface area contributed by atoms with Crippen molar-refractivity contribution in [3.63, 3.8) is 0 Å². The van der Waals surface area contributed by atoms with Crippen molar-refractivity contribution in [1.82, 2.24) is 9.46 Å². The van der Waals surface area contributed by atoms with Gasteiger partial charge in [0, 0.05) is 25.6 Å². The summed E-state index contributed by atoms with van der Waals surface area (Å²) in [7, 11) is -2.55. The highest BCUT2D eigenvalue weighted by molar-refractivity contribution is 7.89. The number of carboxylic acid groups (broad SMARTS) is 1. The maximum Gasteiger partial charge on any atom is 0.303 e. The van der Waals surface area contributed by atoms with Gasteiger partial charge in [-0.1, -0.05) is 5.16 Å². The van der Waals surface area contributed by atoms with Crippen LogP contribution in [0.1, 0.15) is 29.9 Å². The van der Waals surface area contributed by atoms with E-state index in [0.717, 1.165) is 10.4 Å². The van der Waals surface area contributed by atoms with Crippen LogP contribution in [0.2, 0.25) is 0 Å². The minimum Gasteiger partial charge on any atom is -0.491 e. The lowest BCUT2D eigenvalue weighted by molar-refractivity contribution is -0.137. The van der Waals surface area contributed by atoms with Gasteiger partial charge in [0.2, 0.25) is 10.0 Å². The van der Waals surface area contributed by atoms with E-state index in [-0.39, 0.29) is 36.6 Å². The Morgan fingerprint density at radius 3 is 2.63 bits per heavy atom. The first-order valence-electron chi connectivity index (χ1n) is 8.15. The Hall–Kier alpha value is -2.46. The molecule has 2 rings (SSSR count). The summed E-state index contributed by atoms with van der Waals surface area (Å²) in [4.78, 5) is 10.2. The highest BCUT2D eigenvalue weighted by Gasteiger charge is 2.24. The zero-order valence-corrected chi connectivity index (χ0v) is 16.0. The van der Waals surface area contributed by atoms with E-state index >= 15 is 0 Å². The molecule has 1 N–H and O–H groups in total. The van der Waals surface area contributed by atoms with E-state index in [4.69, 9.17) is 14.4 Å². The van der Waals surface area contributed by atoms with Gasteiger partial charge in [0.1, 0.15) is 5.76 Å². The summed E-state index contributed by atoms with van der Waals surface area (Å²) < 4.78 is 50.8. The monoisotopic (exact) mass is 400 g/mol. The minimum absolute atomic E-state index is 0.0151. The first-order valence-corrected chi connectivity index (χ1v) is 9.59. The summed E-state index contributed by atoms with van der Waals surface area (Å²) >= 11 is 0. The third kappa shape index (κ3) is 5.04. The molecule has 0 spiro atoms. The Morgan fingerprint density at radius 1 is 1.37 bits per heavy atom. The number of aryl methyl sites for hydroxylation is 2. The molecule has 8 nitrogen and oxygen atoms in total. The topological polar surface area (TPSA) is 110 Å². The molecular formula is C17H21FN2O6S. The van der Waals surface area contributed by atoms with Crippen molar-refractivity contribution < 1.29 is 32.0 Å². The molecule has 27 heavy (non-hydrogen) atoms. The summed E-state index contributed by atoms with van der Waals surface area (Å²) in [6.45, 7) is 3.45. The molecule has 0 aliphatic heterocycles. The standard InChI is InChI=1S/C17H21FN2O6S/c1-11-14(12(2)26-19-11)10-20(3)27(23,24)13-6-7-16(15(18)9-13)25-8-4-5-17(21)22/h6-7,9H,4-5,8,10H2,1-3H3,(H,21,22). The van der Waals surface area contributed by atoms with Gasteiger partial charge in [-0.25, -0.2) is 12.8 Å². The first-order chi connectivity index (χ1) is 12.6. The van der Waals surface area contributed by atoms with Gasteiger partial charge >= 0.3 is 5.97 Å². The molecule has 0 radical (unpaired) electrons. The third-order valence-corrected chi connectivity index (χ3v) is 5.77. The zero-order chi connectivity index (χ0) is 20.2. The van der Waals surface area contributed by atoms with Gasteiger partial charge in [-0.3, -0.25) is 4.79 Å². The van der Waals surface area contributed by atoms with Crippen LogP contribution in [0.4, 0.5) is 4.39 Å². The number of carboxylic acids is 1. The number of carbonyl (C=O) groups is 1. The van der Waals surface area contributed by atoms with Crippen LogP contribution in [-0.2, 0) is 21.4 Å². The number of halogens is 1. The molecule has 0 saturated heterocycles. The van der Waals surface area contributed by atoms with Crippen LogP contribution in [0.25, 0.3) is 0 Å². The van der Waals surface area contributed by atoms with E-state index < -0.39 is 21.8 Å². The zero-order valence-electron chi connectivity index (χ0n) is 15.2.